The molecule has 172 valence electrons. The Labute approximate surface area is 188 Å². The average molecular weight is 445 g/mol. The molecule has 0 aliphatic carbocycles. The van der Waals surface area contributed by atoms with E-state index in [1.165, 1.54) is 37.5 Å². The lowest BCUT2D eigenvalue weighted by atomic mass is 9.98. The molecule has 0 spiro atoms. The third-order valence-electron chi connectivity index (χ3n) is 5.79. The molecule has 32 heavy (non-hydrogen) atoms. The Balaban J connectivity index is 1.60. The van der Waals surface area contributed by atoms with Crippen molar-refractivity contribution in [2.24, 2.45) is 0 Å². The quantitative estimate of drug-likeness (QED) is 0.564. The van der Waals surface area contributed by atoms with Crippen LogP contribution in [0.4, 0.5) is 14.5 Å². The molecular formula is C25H30F2N2O3. The van der Waals surface area contributed by atoms with Gasteiger partial charge in [-0.15, -0.1) is 0 Å². The van der Waals surface area contributed by atoms with Crippen LogP contribution in [0.3, 0.4) is 0 Å². The second-order valence-corrected chi connectivity index (χ2v) is 8.08. The number of hydrogen-bond acceptors (Lipinski definition) is 4. The lowest BCUT2D eigenvalue weighted by Crippen LogP contribution is -2.45. The molecule has 0 aromatic heterocycles. The van der Waals surface area contributed by atoms with Crippen molar-refractivity contribution in [3.63, 3.8) is 0 Å². The van der Waals surface area contributed by atoms with Crippen molar-refractivity contribution >= 4 is 17.7 Å². The largest absolute Gasteiger partial charge is 0.493 e. The van der Waals surface area contributed by atoms with Gasteiger partial charge in [-0.1, -0.05) is 12.5 Å². The maximum Gasteiger partial charge on any atom is 0.248 e. The number of ether oxygens (including phenoxy) is 2. The SMILES string of the molecule is COc1ccc(NC(=O)C=Cc2ccc(F)c(F)c2)cc1OCCN1[C@H](C)CCC[C@@H]1C. The Morgan fingerprint density at radius 2 is 1.84 bits per heavy atom. The zero-order valence-corrected chi connectivity index (χ0v) is 18.7. The highest BCUT2D eigenvalue weighted by atomic mass is 19.2. The number of likely N-dealkylation sites (tertiary alicyclic amines) is 1. The Bertz CT molecular complexity index is 954. The molecule has 0 bridgehead atoms. The lowest BCUT2D eigenvalue weighted by Gasteiger charge is -2.38. The highest BCUT2D eigenvalue weighted by Crippen LogP contribution is 2.30. The minimum absolute atomic E-state index is 0.388. The van der Waals surface area contributed by atoms with Crippen molar-refractivity contribution in [1.82, 2.24) is 4.90 Å². The molecule has 2 atom stereocenters. The lowest BCUT2D eigenvalue weighted by molar-refractivity contribution is -0.111. The molecule has 1 aliphatic rings. The van der Waals surface area contributed by atoms with Crippen molar-refractivity contribution in [3.8, 4) is 11.5 Å². The van der Waals surface area contributed by atoms with E-state index in [0.29, 0.717) is 41.4 Å². The second-order valence-electron chi connectivity index (χ2n) is 8.08. The van der Waals surface area contributed by atoms with E-state index >= 15 is 0 Å². The van der Waals surface area contributed by atoms with Gasteiger partial charge >= 0.3 is 0 Å². The minimum atomic E-state index is -0.960. The van der Waals surface area contributed by atoms with Crippen molar-refractivity contribution < 1.29 is 23.0 Å². The molecule has 0 unspecified atom stereocenters. The van der Waals surface area contributed by atoms with Gasteiger partial charge in [0.25, 0.3) is 0 Å². The van der Waals surface area contributed by atoms with E-state index in [0.717, 1.165) is 18.7 Å². The predicted octanol–water partition coefficient (Wildman–Crippen LogP) is 5.27. The number of amides is 1. The third-order valence-corrected chi connectivity index (χ3v) is 5.79. The van der Waals surface area contributed by atoms with E-state index in [-0.39, 0.29) is 0 Å². The van der Waals surface area contributed by atoms with E-state index in [1.54, 1.807) is 25.3 Å². The summed E-state index contributed by atoms with van der Waals surface area (Å²) in [6, 6.07) is 9.68. The standard InChI is InChI=1S/C25H30F2N2O3/c1-17-5-4-6-18(2)29(17)13-14-32-24-16-20(9-11-23(24)31-3)28-25(30)12-8-19-7-10-21(26)22(27)15-19/h7-12,15-18H,4-6,13-14H2,1-3H3,(H,28,30)/t17-,18+. The number of carbonyl (C=O) groups is 1. The maximum absolute atomic E-state index is 13.3. The van der Waals surface area contributed by atoms with Gasteiger partial charge in [-0.3, -0.25) is 9.69 Å². The summed E-state index contributed by atoms with van der Waals surface area (Å²) >= 11 is 0. The van der Waals surface area contributed by atoms with Crippen molar-refractivity contribution in [1.29, 1.82) is 0 Å². The van der Waals surface area contributed by atoms with Crippen molar-refractivity contribution in [2.45, 2.75) is 45.2 Å². The molecule has 1 fully saturated rings. The summed E-state index contributed by atoms with van der Waals surface area (Å²) in [6.07, 6.45) is 6.34. The predicted molar refractivity (Wildman–Crippen MR) is 122 cm³/mol. The smallest absolute Gasteiger partial charge is 0.248 e. The van der Waals surface area contributed by atoms with Crippen LogP contribution in [0.15, 0.2) is 42.5 Å². The van der Waals surface area contributed by atoms with Crippen LogP contribution in [0.25, 0.3) is 6.08 Å². The van der Waals surface area contributed by atoms with Gasteiger partial charge < -0.3 is 14.8 Å². The summed E-state index contributed by atoms with van der Waals surface area (Å²) in [5.41, 5.74) is 0.930. The molecule has 2 aromatic rings. The van der Waals surface area contributed by atoms with Gasteiger partial charge in [-0.2, -0.15) is 0 Å². The van der Waals surface area contributed by atoms with Gasteiger partial charge in [0.05, 0.1) is 7.11 Å². The number of nitrogens with one attached hydrogen (secondary N) is 1. The van der Waals surface area contributed by atoms with Crippen LogP contribution in [0.1, 0.15) is 38.7 Å². The van der Waals surface area contributed by atoms with Crippen molar-refractivity contribution in [3.05, 3.63) is 59.7 Å². The monoisotopic (exact) mass is 444 g/mol. The number of rotatable bonds is 8. The molecule has 0 saturated carbocycles. The molecule has 1 amide bonds. The fourth-order valence-corrected chi connectivity index (χ4v) is 4.02. The minimum Gasteiger partial charge on any atom is -0.493 e. The van der Waals surface area contributed by atoms with Crippen molar-refractivity contribution in [2.75, 3.05) is 25.6 Å². The van der Waals surface area contributed by atoms with Crippen LogP contribution in [-0.2, 0) is 4.79 Å². The number of nitrogens with zero attached hydrogens (tertiary/aromatic N) is 1. The Kier molecular flexibility index (Phi) is 8.22. The second kappa shape index (κ2) is 11.1. The van der Waals surface area contributed by atoms with Gasteiger partial charge in [-0.25, -0.2) is 8.78 Å². The fraction of sp³-hybridized carbons (Fsp3) is 0.400. The molecule has 1 aliphatic heterocycles. The summed E-state index contributed by atoms with van der Waals surface area (Å²) in [5, 5.41) is 2.74. The normalized spacial score (nSPS) is 19.2. The molecule has 5 nitrogen and oxygen atoms in total. The number of hydrogen-bond donors (Lipinski definition) is 1. The summed E-state index contributed by atoms with van der Waals surface area (Å²) in [4.78, 5) is 14.7. The van der Waals surface area contributed by atoms with E-state index in [9.17, 15) is 13.6 Å². The molecule has 1 saturated heterocycles. The topological polar surface area (TPSA) is 50.8 Å². The van der Waals surface area contributed by atoms with Crippen LogP contribution < -0.4 is 14.8 Å². The van der Waals surface area contributed by atoms with Gasteiger partial charge in [0.15, 0.2) is 23.1 Å². The van der Waals surface area contributed by atoms with E-state index in [2.05, 4.69) is 24.1 Å². The molecule has 1 N–H and O–H groups in total. The Morgan fingerprint density at radius 3 is 2.53 bits per heavy atom. The third kappa shape index (κ3) is 6.29. The van der Waals surface area contributed by atoms with Gasteiger partial charge in [0.2, 0.25) is 5.91 Å². The van der Waals surface area contributed by atoms with Crippen LogP contribution >= 0.6 is 0 Å². The first-order valence-electron chi connectivity index (χ1n) is 10.9. The van der Waals surface area contributed by atoms with Gasteiger partial charge in [0, 0.05) is 36.5 Å². The number of piperidine rings is 1. The summed E-state index contributed by atoms with van der Waals surface area (Å²) in [5.74, 6) is -1.16. The highest BCUT2D eigenvalue weighted by Gasteiger charge is 2.24. The molecule has 3 rings (SSSR count). The zero-order chi connectivity index (χ0) is 23.1. The number of halogens is 2. The highest BCUT2D eigenvalue weighted by molar-refractivity contribution is 6.02. The number of methoxy groups -OCH3 is 1. The first-order valence-corrected chi connectivity index (χ1v) is 10.9. The summed E-state index contributed by atoms with van der Waals surface area (Å²) < 4.78 is 37.7. The number of carbonyl (C=O) groups excluding carboxylic acids is 1. The van der Waals surface area contributed by atoms with Crippen LogP contribution in [0.2, 0.25) is 0 Å². The number of benzene rings is 2. The van der Waals surface area contributed by atoms with E-state index < -0.39 is 17.5 Å². The Morgan fingerprint density at radius 1 is 1.09 bits per heavy atom. The van der Waals surface area contributed by atoms with Gasteiger partial charge in [-0.05, 0) is 62.6 Å². The van der Waals surface area contributed by atoms with Crippen LogP contribution in [-0.4, -0.2) is 43.2 Å². The zero-order valence-electron chi connectivity index (χ0n) is 18.7. The first-order chi connectivity index (χ1) is 15.4. The average Bonchev–Trinajstić information content (AvgIpc) is 2.77. The Hall–Kier alpha value is -2.93. The van der Waals surface area contributed by atoms with Gasteiger partial charge in [0.1, 0.15) is 6.61 Å². The van der Waals surface area contributed by atoms with Crippen LogP contribution in [0.5, 0.6) is 11.5 Å². The molecule has 2 aromatic carbocycles. The van der Waals surface area contributed by atoms with Crippen LogP contribution in [0, 0.1) is 11.6 Å². The molecule has 1 heterocycles. The molecular weight excluding hydrogens is 414 g/mol. The van der Waals surface area contributed by atoms with E-state index in [4.69, 9.17) is 9.47 Å². The molecule has 7 heteroatoms. The van der Waals surface area contributed by atoms with E-state index in [1.807, 2.05) is 0 Å². The first kappa shape index (κ1) is 23.7. The molecule has 0 radical (unpaired) electrons. The fourth-order valence-electron chi connectivity index (χ4n) is 4.02. The summed E-state index contributed by atoms with van der Waals surface area (Å²) in [7, 11) is 1.57. The maximum atomic E-state index is 13.3. The summed E-state index contributed by atoms with van der Waals surface area (Å²) in [6.45, 7) is 5.83. The number of anilines is 1.